The Morgan fingerprint density at radius 3 is 2.83 bits per heavy atom. The molecule has 4 nitrogen and oxygen atoms in total. The van der Waals surface area contributed by atoms with Gasteiger partial charge in [-0.05, 0) is 63.0 Å². The maximum Gasteiger partial charge on any atom is 0.234 e. The van der Waals surface area contributed by atoms with Crippen molar-refractivity contribution in [3.8, 4) is 0 Å². The van der Waals surface area contributed by atoms with E-state index in [4.69, 9.17) is 11.6 Å². The molecule has 23 heavy (non-hydrogen) atoms. The van der Waals surface area contributed by atoms with Gasteiger partial charge in [-0.1, -0.05) is 23.7 Å². The lowest BCUT2D eigenvalue weighted by molar-refractivity contribution is -0.122. The van der Waals surface area contributed by atoms with Gasteiger partial charge in [0, 0.05) is 24.2 Å². The maximum atomic E-state index is 12.2. The monoisotopic (exact) mass is 335 g/mol. The molecule has 0 bridgehead atoms. The molecule has 0 spiro atoms. The third kappa shape index (κ3) is 4.93. The van der Waals surface area contributed by atoms with E-state index in [0.717, 1.165) is 18.7 Å². The van der Waals surface area contributed by atoms with Crippen LogP contribution in [0.15, 0.2) is 24.3 Å². The third-order valence-corrected chi connectivity index (χ3v) is 5.12. The van der Waals surface area contributed by atoms with Gasteiger partial charge < -0.3 is 5.32 Å². The molecule has 3 rings (SSSR count). The van der Waals surface area contributed by atoms with Crippen molar-refractivity contribution in [1.82, 2.24) is 15.1 Å². The highest BCUT2D eigenvalue weighted by Crippen LogP contribution is 2.20. The van der Waals surface area contributed by atoms with Gasteiger partial charge in [0.1, 0.15) is 0 Å². The molecule has 1 atom stereocenters. The van der Waals surface area contributed by atoms with Crippen LogP contribution in [0, 0.1) is 0 Å². The molecule has 5 heteroatoms. The van der Waals surface area contributed by atoms with Crippen molar-refractivity contribution in [2.24, 2.45) is 0 Å². The Balaban J connectivity index is 1.43. The number of nitrogens with zero attached hydrogens (tertiary/aromatic N) is 2. The molecule has 2 aliphatic rings. The van der Waals surface area contributed by atoms with Gasteiger partial charge in [-0.3, -0.25) is 14.6 Å². The van der Waals surface area contributed by atoms with Gasteiger partial charge in [0.15, 0.2) is 0 Å². The van der Waals surface area contributed by atoms with Crippen LogP contribution in [0.2, 0.25) is 5.02 Å². The lowest BCUT2D eigenvalue weighted by Crippen LogP contribution is -2.49. The molecule has 2 aliphatic heterocycles. The molecular formula is C18H26ClN3O. The van der Waals surface area contributed by atoms with E-state index in [2.05, 4.69) is 15.1 Å². The largest absolute Gasteiger partial charge is 0.351 e. The Morgan fingerprint density at radius 1 is 1.22 bits per heavy atom. The number of nitrogens with one attached hydrogen (secondary N) is 1. The van der Waals surface area contributed by atoms with E-state index >= 15 is 0 Å². The van der Waals surface area contributed by atoms with Gasteiger partial charge in [-0.25, -0.2) is 0 Å². The van der Waals surface area contributed by atoms with E-state index in [1.807, 2.05) is 24.3 Å². The first kappa shape index (κ1) is 16.7. The minimum absolute atomic E-state index is 0.104. The molecule has 1 unspecified atom stereocenters. The van der Waals surface area contributed by atoms with Gasteiger partial charge in [-0.2, -0.15) is 0 Å². The second-order valence-electron chi connectivity index (χ2n) is 6.68. The highest BCUT2D eigenvalue weighted by atomic mass is 35.5. The quantitative estimate of drug-likeness (QED) is 0.898. The highest BCUT2D eigenvalue weighted by Gasteiger charge is 2.27. The minimum Gasteiger partial charge on any atom is -0.351 e. The molecular weight excluding hydrogens is 310 g/mol. The fourth-order valence-electron chi connectivity index (χ4n) is 3.69. The normalized spacial score (nSPS) is 23.1. The first-order chi connectivity index (χ1) is 11.2. The molecule has 0 saturated carbocycles. The Bertz CT molecular complexity index is 531. The average Bonchev–Trinajstić information content (AvgIpc) is 3.08. The number of hydrogen-bond acceptors (Lipinski definition) is 3. The van der Waals surface area contributed by atoms with Crippen molar-refractivity contribution >= 4 is 17.5 Å². The summed E-state index contributed by atoms with van der Waals surface area (Å²) in [7, 11) is 0. The molecule has 126 valence electrons. The number of piperidine rings is 1. The predicted octanol–water partition coefficient (Wildman–Crippen LogP) is 2.52. The topological polar surface area (TPSA) is 35.6 Å². The molecule has 2 heterocycles. The number of carbonyl (C=O) groups is 1. The average molecular weight is 336 g/mol. The summed E-state index contributed by atoms with van der Waals surface area (Å²) in [5.74, 6) is 0.104. The van der Waals surface area contributed by atoms with Crippen molar-refractivity contribution in [3.05, 3.63) is 34.9 Å². The van der Waals surface area contributed by atoms with Gasteiger partial charge in [0.25, 0.3) is 0 Å². The SMILES string of the molecule is O=C(CN1CCCC(N2CCCC2)C1)NCc1cccc(Cl)c1. The predicted molar refractivity (Wildman–Crippen MR) is 93.6 cm³/mol. The van der Waals surface area contributed by atoms with Crippen LogP contribution in [-0.4, -0.2) is 54.5 Å². The van der Waals surface area contributed by atoms with Gasteiger partial charge in [-0.15, -0.1) is 0 Å². The molecule has 2 fully saturated rings. The van der Waals surface area contributed by atoms with Crippen molar-refractivity contribution < 1.29 is 4.79 Å². The summed E-state index contributed by atoms with van der Waals surface area (Å²) in [6, 6.07) is 8.28. The molecule has 0 aliphatic carbocycles. The zero-order chi connectivity index (χ0) is 16.1. The lowest BCUT2D eigenvalue weighted by Gasteiger charge is -2.37. The second kappa shape index (κ2) is 8.13. The molecule has 1 aromatic carbocycles. The summed E-state index contributed by atoms with van der Waals surface area (Å²) in [6.07, 6.45) is 5.14. The summed E-state index contributed by atoms with van der Waals surface area (Å²) >= 11 is 5.97. The molecule has 1 aromatic rings. The number of carbonyl (C=O) groups excluding carboxylic acids is 1. The summed E-state index contributed by atoms with van der Waals surface area (Å²) in [5, 5.41) is 3.71. The first-order valence-corrected chi connectivity index (χ1v) is 9.06. The number of amides is 1. The summed E-state index contributed by atoms with van der Waals surface area (Å²) in [6.45, 7) is 5.59. The van der Waals surface area contributed by atoms with Crippen LogP contribution in [0.25, 0.3) is 0 Å². The van der Waals surface area contributed by atoms with E-state index in [0.29, 0.717) is 24.2 Å². The standard InChI is InChI=1S/C18H26ClN3O/c19-16-6-3-5-15(11-16)12-20-18(23)14-21-8-4-7-17(13-21)22-9-1-2-10-22/h3,5-6,11,17H,1-2,4,7-10,12-14H2,(H,20,23). The van der Waals surface area contributed by atoms with Crippen LogP contribution in [0.1, 0.15) is 31.2 Å². The first-order valence-electron chi connectivity index (χ1n) is 8.68. The summed E-state index contributed by atoms with van der Waals surface area (Å²) < 4.78 is 0. The van der Waals surface area contributed by atoms with Crippen molar-refractivity contribution in [2.45, 2.75) is 38.3 Å². The summed E-state index contributed by atoms with van der Waals surface area (Å²) in [4.78, 5) is 17.1. The number of hydrogen-bond donors (Lipinski definition) is 1. The number of benzene rings is 1. The lowest BCUT2D eigenvalue weighted by atomic mass is 10.0. The maximum absolute atomic E-state index is 12.2. The van der Waals surface area contributed by atoms with Crippen LogP contribution in [-0.2, 0) is 11.3 Å². The van der Waals surface area contributed by atoms with Gasteiger partial charge >= 0.3 is 0 Å². The fourth-order valence-corrected chi connectivity index (χ4v) is 3.90. The van der Waals surface area contributed by atoms with Crippen LogP contribution in [0.4, 0.5) is 0 Å². The van der Waals surface area contributed by atoms with Crippen LogP contribution < -0.4 is 5.32 Å². The zero-order valence-electron chi connectivity index (χ0n) is 13.6. The van der Waals surface area contributed by atoms with Crippen LogP contribution in [0.3, 0.4) is 0 Å². The van der Waals surface area contributed by atoms with E-state index < -0.39 is 0 Å². The Morgan fingerprint density at radius 2 is 2.04 bits per heavy atom. The van der Waals surface area contributed by atoms with Crippen LogP contribution in [0.5, 0.6) is 0 Å². The number of rotatable bonds is 5. The zero-order valence-corrected chi connectivity index (χ0v) is 14.4. The molecule has 0 aromatic heterocycles. The molecule has 2 saturated heterocycles. The van der Waals surface area contributed by atoms with Crippen molar-refractivity contribution in [1.29, 1.82) is 0 Å². The minimum atomic E-state index is 0.104. The number of likely N-dealkylation sites (tertiary alicyclic amines) is 2. The van der Waals surface area contributed by atoms with Crippen LogP contribution >= 0.6 is 11.6 Å². The van der Waals surface area contributed by atoms with E-state index in [1.54, 1.807) is 0 Å². The van der Waals surface area contributed by atoms with E-state index in [9.17, 15) is 4.79 Å². The van der Waals surface area contributed by atoms with E-state index in [-0.39, 0.29) is 5.91 Å². The Kier molecular flexibility index (Phi) is 5.92. The van der Waals surface area contributed by atoms with Gasteiger partial charge in [0.05, 0.1) is 6.54 Å². The van der Waals surface area contributed by atoms with E-state index in [1.165, 1.54) is 38.8 Å². The van der Waals surface area contributed by atoms with Crippen molar-refractivity contribution in [2.75, 3.05) is 32.7 Å². The Hall–Kier alpha value is -1.10. The Labute approximate surface area is 143 Å². The molecule has 1 N–H and O–H groups in total. The third-order valence-electron chi connectivity index (χ3n) is 4.88. The second-order valence-corrected chi connectivity index (χ2v) is 7.12. The molecule has 0 radical (unpaired) electrons. The van der Waals surface area contributed by atoms with Crippen molar-refractivity contribution in [3.63, 3.8) is 0 Å². The van der Waals surface area contributed by atoms with Gasteiger partial charge in [0.2, 0.25) is 5.91 Å². The molecule has 1 amide bonds. The smallest absolute Gasteiger partial charge is 0.234 e. The summed E-state index contributed by atoms with van der Waals surface area (Å²) in [5.41, 5.74) is 1.04. The number of halogens is 1. The highest BCUT2D eigenvalue weighted by molar-refractivity contribution is 6.30. The fraction of sp³-hybridized carbons (Fsp3) is 0.611.